The van der Waals surface area contributed by atoms with Crippen LogP contribution in [0, 0.1) is 33.8 Å². The van der Waals surface area contributed by atoms with Gasteiger partial charge in [-0.15, -0.1) is 6.42 Å². The first-order valence-electron chi connectivity index (χ1n) is 7.21. The fourth-order valence-electron chi connectivity index (χ4n) is 2.20. The van der Waals surface area contributed by atoms with Crippen LogP contribution in [0.2, 0.25) is 0 Å². The van der Waals surface area contributed by atoms with Crippen LogP contribution in [0.4, 0.5) is 17.1 Å². The lowest BCUT2D eigenvalue weighted by molar-refractivity contribution is -0.385. The molecule has 0 aliphatic rings. The van der Waals surface area contributed by atoms with Crippen LogP contribution in [-0.4, -0.2) is 24.4 Å². The van der Waals surface area contributed by atoms with E-state index >= 15 is 0 Å². The van der Waals surface area contributed by atoms with Crippen LogP contribution >= 0.6 is 0 Å². The van der Waals surface area contributed by atoms with Crippen LogP contribution < -0.4 is 10.2 Å². The molecule has 1 N–H and O–H groups in total. The van der Waals surface area contributed by atoms with Gasteiger partial charge in [-0.25, -0.2) is 0 Å². The van der Waals surface area contributed by atoms with Crippen molar-refractivity contribution in [2.24, 2.45) is 0 Å². The molecule has 0 fully saturated rings. The van der Waals surface area contributed by atoms with Gasteiger partial charge in [-0.2, -0.15) is 5.26 Å². The summed E-state index contributed by atoms with van der Waals surface area (Å²) in [5.41, 5.74) is 1.43. The summed E-state index contributed by atoms with van der Waals surface area (Å²) in [7, 11) is 1.65. The van der Waals surface area contributed by atoms with E-state index in [2.05, 4.69) is 11.2 Å². The van der Waals surface area contributed by atoms with Crippen molar-refractivity contribution < 1.29 is 9.72 Å². The summed E-state index contributed by atoms with van der Waals surface area (Å²) >= 11 is 0. The Morgan fingerprint density at radius 2 is 2.12 bits per heavy atom. The highest BCUT2D eigenvalue weighted by molar-refractivity contribution is 5.94. The molecule has 2 rings (SSSR count). The second-order valence-corrected chi connectivity index (χ2v) is 5.20. The van der Waals surface area contributed by atoms with Crippen LogP contribution in [-0.2, 0) is 4.79 Å². The molecule has 7 heteroatoms. The normalized spacial score (nSPS) is 9.56. The number of nitriles is 1. The second kappa shape index (κ2) is 7.62. The first kappa shape index (κ1) is 17.5. The smallest absolute Gasteiger partial charge is 0.287 e. The van der Waals surface area contributed by atoms with E-state index in [0.29, 0.717) is 16.9 Å². The van der Waals surface area contributed by atoms with Gasteiger partial charge in [0.05, 0.1) is 11.5 Å². The molecule has 124 valence electrons. The third-order valence-corrected chi connectivity index (χ3v) is 3.43. The van der Waals surface area contributed by atoms with Gasteiger partial charge < -0.3 is 10.2 Å². The molecule has 7 nitrogen and oxygen atoms in total. The van der Waals surface area contributed by atoms with E-state index in [1.54, 1.807) is 42.3 Å². The zero-order valence-electron chi connectivity index (χ0n) is 13.4. The van der Waals surface area contributed by atoms with Crippen molar-refractivity contribution in [2.45, 2.75) is 0 Å². The Labute approximate surface area is 144 Å². The molecule has 2 aromatic rings. The number of nitro groups is 1. The molecule has 0 saturated heterocycles. The number of benzene rings is 2. The van der Waals surface area contributed by atoms with Gasteiger partial charge in [0, 0.05) is 30.1 Å². The maximum atomic E-state index is 12.1. The highest BCUT2D eigenvalue weighted by atomic mass is 16.6. The van der Waals surface area contributed by atoms with Gasteiger partial charge in [-0.3, -0.25) is 14.9 Å². The van der Waals surface area contributed by atoms with E-state index < -0.39 is 4.92 Å². The zero-order chi connectivity index (χ0) is 18.4. The number of nitro benzene ring substituents is 1. The number of carbonyl (C=O) groups excluding carboxylic acids is 1. The van der Waals surface area contributed by atoms with Gasteiger partial charge in [-0.1, -0.05) is 12.0 Å². The molecule has 1 amide bonds. The van der Waals surface area contributed by atoms with Crippen LogP contribution in [0.5, 0.6) is 0 Å². The molecule has 0 saturated carbocycles. The van der Waals surface area contributed by atoms with Gasteiger partial charge in [0.1, 0.15) is 11.6 Å². The number of amides is 1. The van der Waals surface area contributed by atoms with Crippen molar-refractivity contribution in [1.29, 1.82) is 5.26 Å². The molecule has 0 atom stereocenters. The minimum absolute atomic E-state index is 0.00294. The van der Waals surface area contributed by atoms with E-state index in [0.717, 1.165) is 0 Å². The molecular formula is C18H14N4O3. The number of likely N-dealkylation sites (N-methyl/N-ethyl adjacent to an activating group) is 1. The Hall–Kier alpha value is -3.84. The first-order valence-corrected chi connectivity index (χ1v) is 7.21. The average Bonchev–Trinajstić information content (AvgIpc) is 2.60. The minimum atomic E-state index is -0.618. The number of anilines is 2. The molecule has 0 aromatic heterocycles. The average molecular weight is 334 g/mol. The number of rotatable bonds is 5. The lowest BCUT2D eigenvalue weighted by atomic mass is 10.1. The summed E-state index contributed by atoms with van der Waals surface area (Å²) in [6, 6.07) is 12.8. The number of terminal acetylenes is 1. The number of carbonyl (C=O) groups is 1. The SMILES string of the molecule is C#Cc1cccc(NC(=O)CN(C)c2ccc([N+](=O)[O-])c(C#N)c2)c1. The molecule has 0 radical (unpaired) electrons. The van der Waals surface area contributed by atoms with Crippen molar-refractivity contribution in [3.05, 3.63) is 63.7 Å². The van der Waals surface area contributed by atoms with E-state index in [9.17, 15) is 14.9 Å². The van der Waals surface area contributed by atoms with Gasteiger partial charge >= 0.3 is 0 Å². The Morgan fingerprint density at radius 3 is 2.76 bits per heavy atom. The lowest BCUT2D eigenvalue weighted by Crippen LogP contribution is -2.30. The second-order valence-electron chi connectivity index (χ2n) is 5.20. The summed E-state index contributed by atoms with van der Waals surface area (Å²) in [4.78, 5) is 24.0. The lowest BCUT2D eigenvalue weighted by Gasteiger charge is -2.19. The molecule has 0 spiro atoms. The molecule has 0 unspecified atom stereocenters. The summed E-state index contributed by atoms with van der Waals surface area (Å²) in [5.74, 6) is 2.20. The monoisotopic (exact) mass is 334 g/mol. The first-order chi connectivity index (χ1) is 11.9. The van der Waals surface area contributed by atoms with Gasteiger partial charge in [0.2, 0.25) is 5.91 Å². The fourth-order valence-corrected chi connectivity index (χ4v) is 2.20. The third-order valence-electron chi connectivity index (χ3n) is 3.43. The molecule has 2 aromatic carbocycles. The Balaban J connectivity index is 2.10. The Kier molecular flexibility index (Phi) is 5.34. The quantitative estimate of drug-likeness (QED) is 0.514. The van der Waals surface area contributed by atoms with Crippen molar-refractivity contribution in [2.75, 3.05) is 23.8 Å². The van der Waals surface area contributed by atoms with E-state index in [1.807, 2.05) is 0 Å². The van der Waals surface area contributed by atoms with E-state index in [1.165, 1.54) is 18.2 Å². The van der Waals surface area contributed by atoms with Crippen molar-refractivity contribution >= 4 is 23.0 Å². The summed E-state index contributed by atoms with van der Waals surface area (Å²) in [6.07, 6.45) is 5.32. The van der Waals surface area contributed by atoms with Crippen molar-refractivity contribution in [3.63, 3.8) is 0 Å². The molecule has 0 bridgehead atoms. The topological polar surface area (TPSA) is 99.3 Å². The number of nitrogens with zero attached hydrogens (tertiary/aromatic N) is 3. The summed E-state index contributed by atoms with van der Waals surface area (Å²) in [6.45, 7) is 0.00294. The summed E-state index contributed by atoms with van der Waals surface area (Å²) in [5, 5.41) is 22.6. The van der Waals surface area contributed by atoms with Crippen LogP contribution in [0.1, 0.15) is 11.1 Å². The number of nitrogens with one attached hydrogen (secondary N) is 1. The molecule has 0 heterocycles. The van der Waals surface area contributed by atoms with Gasteiger partial charge in [-0.05, 0) is 30.3 Å². The predicted octanol–water partition coefficient (Wildman–Crippen LogP) is 2.52. The molecule has 0 aliphatic heterocycles. The Morgan fingerprint density at radius 1 is 1.36 bits per heavy atom. The van der Waals surface area contributed by atoms with Crippen molar-refractivity contribution in [1.82, 2.24) is 0 Å². The third kappa shape index (κ3) is 4.34. The highest BCUT2D eigenvalue weighted by Crippen LogP contribution is 2.23. The van der Waals surface area contributed by atoms with E-state index in [-0.39, 0.29) is 23.7 Å². The predicted molar refractivity (Wildman–Crippen MR) is 94.1 cm³/mol. The minimum Gasteiger partial charge on any atom is -0.365 e. The van der Waals surface area contributed by atoms with Gasteiger partial charge in [0.25, 0.3) is 5.69 Å². The van der Waals surface area contributed by atoms with Crippen LogP contribution in [0.15, 0.2) is 42.5 Å². The number of hydrogen-bond acceptors (Lipinski definition) is 5. The highest BCUT2D eigenvalue weighted by Gasteiger charge is 2.16. The van der Waals surface area contributed by atoms with Crippen molar-refractivity contribution in [3.8, 4) is 18.4 Å². The summed E-state index contributed by atoms with van der Waals surface area (Å²) < 4.78 is 0. The number of hydrogen-bond donors (Lipinski definition) is 1. The fraction of sp³-hybridized carbons (Fsp3) is 0.111. The maximum Gasteiger partial charge on any atom is 0.287 e. The Bertz CT molecular complexity index is 909. The van der Waals surface area contributed by atoms with Gasteiger partial charge in [0.15, 0.2) is 0 Å². The molecule has 25 heavy (non-hydrogen) atoms. The molecular weight excluding hydrogens is 320 g/mol. The molecule has 0 aliphatic carbocycles. The standard InChI is InChI=1S/C18H14N4O3/c1-3-13-5-4-6-15(9-13)20-18(23)12-21(2)16-7-8-17(22(24)25)14(10-16)11-19/h1,4-10H,12H2,2H3,(H,20,23). The maximum absolute atomic E-state index is 12.1. The van der Waals surface area contributed by atoms with Crippen LogP contribution in [0.3, 0.4) is 0 Å². The van der Waals surface area contributed by atoms with Crippen LogP contribution in [0.25, 0.3) is 0 Å². The largest absolute Gasteiger partial charge is 0.365 e. The zero-order valence-corrected chi connectivity index (χ0v) is 13.4. The van der Waals surface area contributed by atoms with E-state index in [4.69, 9.17) is 11.7 Å².